The van der Waals surface area contributed by atoms with Crippen molar-refractivity contribution in [2.75, 3.05) is 32.1 Å². The van der Waals surface area contributed by atoms with Crippen molar-refractivity contribution in [3.05, 3.63) is 75.9 Å². The molecular weight excluding hydrogens is 618 g/mol. The quantitative estimate of drug-likeness (QED) is 0.242. The number of carbonyl (C=O) groups excluding carboxylic acids is 1. The van der Waals surface area contributed by atoms with Crippen LogP contribution in [-0.4, -0.2) is 60.0 Å². The van der Waals surface area contributed by atoms with Crippen molar-refractivity contribution >= 4 is 55.0 Å². The van der Waals surface area contributed by atoms with Crippen LogP contribution < -0.4 is 5.32 Å². The maximum atomic E-state index is 13.4. The lowest BCUT2D eigenvalue weighted by atomic mass is 10.00. The van der Waals surface area contributed by atoms with E-state index < -0.39 is 10.0 Å². The number of sulfonamides is 1. The molecule has 4 aromatic rings. The highest BCUT2D eigenvalue weighted by molar-refractivity contribution is 9.10. The Bertz CT molecular complexity index is 1630. The Kier molecular flexibility index (Phi) is 8.74. The Hall–Kier alpha value is -2.99. The fourth-order valence-corrected chi connectivity index (χ4v) is 6.99. The third kappa shape index (κ3) is 6.17. The van der Waals surface area contributed by atoms with E-state index in [1.54, 1.807) is 39.3 Å². The standard InChI is InChI=1S/C28H29BrClN5O4S/c1-39-27(36)13-10-19-8-11-21(12-9-19)40(37,38)34-14-4-5-20(18-34)16-31-26-15-25(22-6-2-3-7-24(22)30)33-28-23(29)17-32-35(26)28/h2-3,6-9,11-12,15,17,20,31H,4-5,10,13-14,16,18H2,1H3. The molecule has 0 amide bonds. The second-order valence-corrected chi connectivity index (χ2v) is 12.9. The number of piperidine rings is 1. The molecule has 1 atom stereocenters. The van der Waals surface area contributed by atoms with Crippen molar-refractivity contribution in [2.24, 2.45) is 5.92 Å². The van der Waals surface area contributed by atoms with Gasteiger partial charge in [0, 0.05) is 42.7 Å². The molecule has 9 nitrogen and oxygen atoms in total. The van der Waals surface area contributed by atoms with Gasteiger partial charge in [0.2, 0.25) is 10.0 Å². The van der Waals surface area contributed by atoms with E-state index in [1.165, 1.54) is 7.11 Å². The van der Waals surface area contributed by atoms with Crippen LogP contribution >= 0.6 is 27.5 Å². The average Bonchev–Trinajstić information content (AvgIpc) is 3.35. The summed E-state index contributed by atoms with van der Waals surface area (Å²) in [5.74, 6) is 0.555. The zero-order valence-corrected chi connectivity index (χ0v) is 25.0. The van der Waals surface area contributed by atoms with Crippen molar-refractivity contribution in [2.45, 2.75) is 30.6 Å². The smallest absolute Gasteiger partial charge is 0.305 e. The molecule has 2 aromatic heterocycles. The molecule has 1 aliphatic heterocycles. The first-order chi connectivity index (χ1) is 19.3. The molecule has 0 saturated carbocycles. The second kappa shape index (κ2) is 12.3. The molecule has 2 aromatic carbocycles. The van der Waals surface area contributed by atoms with E-state index in [4.69, 9.17) is 16.6 Å². The van der Waals surface area contributed by atoms with Gasteiger partial charge in [-0.1, -0.05) is 41.9 Å². The number of hydrogen-bond donors (Lipinski definition) is 1. The summed E-state index contributed by atoms with van der Waals surface area (Å²) < 4.78 is 35.6. The van der Waals surface area contributed by atoms with Gasteiger partial charge in [-0.2, -0.15) is 13.9 Å². The molecule has 0 radical (unpaired) electrons. The minimum absolute atomic E-state index is 0.105. The monoisotopic (exact) mass is 645 g/mol. The van der Waals surface area contributed by atoms with Gasteiger partial charge in [-0.25, -0.2) is 13.4 Å². The fourth-order valence-electron chi connectivity index (χ4n) is 4.86. The normalized spacial score (nSPS) is 16.2. The van der Waals surface area contributed by atoms with Gasteiger partial charge in [0.05, 0.1) is 28.4 Å². The number of ether oxygens (including phenoxy) is 1. The summed E-state index contributed by atoms with van der Waals surface area (Å²) in [6.07, 6.45) is 4.12. The van der Waals surface area contributed by atoms with Gasteiger partial charge in [-0.15, -0.1) is 0 Å². The predicted molar refractivity (Wildman–Crippen MR) is 158 cm³/mol. The molecular formula is C28H29BrClN5O4S. The Morgan fingerprint density at radius 3 is 2.73 bits per heavy atom. The summed E-state index contributed by atoms with van der Waals surface area (Å²) in [4.78, 5) is 16.4. The van der Waals surface area contributed by atoms with Gasteiger partial charge in [-0.3, -0.25) is 4.79 Å². The molecule has 0 spiro atoms. The Morgan fingerprint density at radius 2 is 1.98 bits per heavy atom. The number of benzene rings is 2. The van der Waals surface area contributed by atoms with Gasteiger partial charge in [0.15, 0.2) is 5.65 Å². The first-order valence-electron chi connectivity index (χ1n) is 12.9. The van der Waals surface area contributed by atoms with Crippen molar-refractivity contribution in [3.63, 3.8) is 0 Å². The van der Waals surface area contributed by atoms with Crippen LogP contribution in [0.2, 0.25) is 5.02 Å². The van der Waals surface area contributed by atoms with Crippen LogP contribution in [0.25, 0.3) is 16.9 Å². The number of esters is 1. The Morgan fingerprint density at radius 1 is 1.20 bits per heavy atom. The highest BCUT2D eigenvalue weighted by Crippen LogP contribution is 2.31. The summed E-state index contributed by atoms with van der Waals surface area (Å²) in [5.41, 5.74) is 3.07. The third-order valence-electron chi connectivity index (χ3n) is 7.04. The summed E-state index contributed by atoms with van der Waals surface area (Å²) in [6.45, 7) is 1.45. The summed E-state index contributed by atoms with van der Waals surface area (Å²) in [6, 6.07) is 16.2. The lowest BCUT2D eigenvalue weighted by Gasteiger charge is -2.32. The van der Waals surface area contributed by atoms with Crippen molar-refractivity contribution in [1.82, 2.24) is 18.9 Å². The van der Waals surface area contributed by atoms with E-state index in [1.807, 2.05) is 30.3 Å². The molecule has 0 aliphatic carbocycles. The highest BCUT2D eigenvalue weighted by atomic mass is 79.9. The van der Waals surface area contributed by atoms with Crippen LogP contribution in [-0.2, 0) is 26.0 Å². The molecule has 1 N–H and O–H groups in total. The number of methoxy groups -OCH3 is 1. The van der Waals surface area contributed by atoms with E-state index in [2.05, 4.69) is 31.1 Å². The molecule has 1 unspecified atom stereocenters. The molecule has 210 valence electrons. The summed E-state index contributed by atoms with van der Waals surface area (Å²) >= 11 is 9.98. The number of rotatable bonds is 9. The van der Waals surface area contributed by atoms with Crippen molar-refractivity contribution < 1.29 is 17.9 Å². The molecule has 5 rings (SSSR count). The molecule has 40 heavy (non-hydrogen) atoms. The van der Waals surface area contributed by atoms with E-state index in [-0.39, 0.29) is 23.2 Å². The minimum atomic E-state index is -3.64. The minimum Gasteiger partial charge on any atom is -0.469 e. The number of nitrogens with zero attached hydrogens (tertiary/aromatic N) is 4. The number of nitrogens with one attached hydrogen (secondary N) is 1. The van der Waals surface area contributed by atoms with Crippen LogP contribution in [0.1, 0.15) is 24.8 Å². The fraction of sp³-hybridized carbons (Fsp3) is 0.321. The second-order valence-electron chi connectivity index (χ2n) is 9.71. The third-order valence-corrected chi connectivity index (χ3v) is 9.81. The summed E-state index contributed by atoms with van der Waals surface area (Å²) in [5, 5.41) is 8.53. The number of aromatic nitrogens is 3. The van der Waals surface area contributed by atoms with Crippen LogP contribution in [0.4, 0.5) is 5.82 Å². The maximum Gasteiger partial charge on any atom is 0.305 e. The highest BCUT2D eigenvalue weighted by Gasteiger charge is 2.30. The first kappa shape index (κ1) is 28.5. The van der Waals surface area contributed by atoms with Crippen LogP contribution in [0.5, 0.6) is 0 Å². The molecule has 1 aliphatic rings. The molecule has 1 saturated heterocycles. The van der Waals surface area contributed by atoms with Crippen LogP contribution in [0.3, 0.4) is 0 Å². The maximum absolute atomic E-state index is 13.4. The molecule has 3 heterocycles. The van der Waals surface area contributed by atoms with Gasteiger partial charge in [-0.05, 0) is 64.9 Å². The van der Waals surface area contributed by atoms with E-state index in [0.29, 0.717) is 42.4 Å². The van der Waals surface area contributed by atoms with Crippen molar-refractivity contribution in [1.29, 1.82) is 0 Å². The zero-order valence-electron chi connectivity index (χ0n) is 21.9. The molecule has 12 heteroatoms. The number of hydrogen-bond acceptors (Lipinski definition) is 7. The summed E-state index contributed by atoms with van der Waals surface area (Å²) in [7, 11) is -2.29. The van der Waals surface area contributed by atoms with Gasteiger partial charge in [0.1, 0.15) is 5.82 Å². The average molecular weight is 647 g/mol. The zero-order chi connectivity index (χ0) is 28.3. The molecule has 0 bridgehead atoms. The van der Waals surface area contributed by atoms with Crippen LogP contribution in [0, 0.1) is 5.92 Å². The Labute approximate surface area is 246 Å². The van der Waals surface area contributed by atoms with Gasteiger partial charge < -0.3 is 10.1 Å². The van der Waals surface area contributed by atoms with E-state index in [0.717, 1.165) is 34.3 Å². The number of carbonyl (C=O) groups is 1. The van der Waals surface area contributed by atoms with E-state index >= 15 is 0 Å². The number of fused-ring (bicyclic) bond motifs is 1. The Balaban J connectivity index is 1.29. The van der Waals surface area contributed by atoms with E-state index in [9.17, 15) is 13.2 Å². The molecule has 1 fully saturated rings. The SMILES string of the molecule is COC(=O)CCc1ccc(S(=O)(=O)N2CCCC(CNc3cc(-c4ccccc4Cl)nc4c(Br)cnn34)C2)cc1. The van der Waals surface area contributed by atoms with Crippen molar-refractivity contribution in [3.8, 4) is 11.3 Å². The topological polar surface area (TPSA) is 106 Å². The van der Waals surface area contributed by atoms with Crippen LogP contribution in [0.15, 0.2) is 70.2 Å². The lowest BCUT2D eigenvalue weighted by molar-refractivity contribution is -0.140. The number of anilines is 1. The number of aryl methyl sites for hydroxylation is 1. The first-order valence-corrected chi connectivity index (χ1v) is 15.6. The predicted octanol–water partition coefficient (Wildman–Crippen LogP) is 5.43. The lowest BCUT2D eigenvalue weighted by Crippen LogP contribution is -2.41. The van der Waals surface area contributed by atoms with Gasteiger partial charge in [0.25, 0.3) is 0 Å². The van der Waals surface area contributed by atoms with Gasteiger partial charge >= 0.3 is 5.97 Å². The number of halogens is 2. The largest absolute Gasteiger partial charge is 0.469 e.